The molecule has 2 aromatic rings. The molecule has 1 aliphatic rings. The number of benzene rings is 2. The number of halogens is 2. The van der Waals surface area contributed by atoms with Gasteiger partial charge in [-0.15, -0.1) is 0 Å². The molecule has 1 unspecified atom stereocenters. The van der Waals surface area contributed by atoms with Crippen LogP contribution in [0.4, 0.5) is 0 Å². The average molecular weight is 356 g/mol. The van der Waals surface area contributed by atoms with Crippen molar-refractivity contribution in [2.45, 2.75) is 5.20 Å². The van der Waals surface area contributed by atoms with Crippen molar-refractivity contribution in [3.8, 4) is 22.6 Å². The fourth-order valence-corrected chi connectivity index (χ4v) is 2.73. The maximum absolute atomic E-state index is 5.62. The summed E-state index contributed by atoms with van der Waals surface area (Å²) < 4.78 is 12.1. The number of fused-ring (bicyclic) bond motifs is 1. The SMILES string of the molecule is Brc1ccccc1-c1cccc2c1OC(Br)O2. The molecule has 0 bridgehead atoms. The van der Waals surface area contributed by atoms with Gasteiger partial charge in [-0.05, 0) is 17.7 Å². The summed E-state index contributed by atoms with van der Waals surface area (Å²) in [7, 11) is 0. The first-order chi connectivity index (χ1) is 8.25. The van der Waals surface area contributed by atoms with Crippen LogP contribution in [0.2, 0.25) is 0 Å². The lowest BCUT2D eigenvalue weighted by molar-refractivity contribution is 0.143. The molecule has 2 nitrogen and oxygen atoms in total. The fourth-order valence-electron chi connectivity index (χ4n) is 1.84. The Bertz CT molecular complexity index is 569. The summed E-state index contributed by atoms with van der Waals surface area (Å²) in [6, 6.07) is 13.9. The molecule has 0 fully saturated rings. The molecule has 1 heterocycles. The minimum atomic E-state index is -0.402. The summed E-state index contributed by atoms with van der Waals surface area (Å²) in [4.78, 5) is 0. The van der Waals surface area contributed by atoms with Gasteiger partial charge in [0.25, 0.3) is 5.20 Å². The molecule has 0 amide bonds. The van der Waals surface area contributed by atoms with E-state index in [1.54, 1.807) is 0 Å². The zero-order chi connectivity index (χ0) is 11.8. The third kappa shape index (κ3) is 1.96. The normalized spacial score (nSPS) is 17.2. The topological polar surface area (TPSA) is 18.5 Å². The smallest absolute Gasteiger partial charge is 0.298 e. The molecule has 17 heavy (non-hydrogen) atoms. The predicted octanol–water partition coefficient (Wildman–Crippen LogP) is 4.57. The van der Waals surface area contributed by atoms with Crippen LogP contribution >= 0.6 is 31.9 Å². The van der Waals surface area contributed by atoms with E-state index in [9.17, 15) is 0 Å². The summed E-state index contributed by atoms with van der Waals surface area (Å²) >= 11 is 6.84. The van der Waals surface area contributed by atoms with Crippen LogP contribution in [-0.4, -0.2) is 5.20 Å². The number of alkyl halides is 1. The van der Waals surface area contributed by atoms with Gasteiger partial charge in [-0.3, -0.25) is 0 Å². The van der Waals surface area contributed by atoms with E-state index in [1.165, 1.54) is 0 Å². The van der Waals surface area contributed by atoms with Gasteiger partial charge in [0, 0.05) is 26.0 Å². The van der Waals surface area contributed by atoms with Crippen molar-refractivity contribution in [1.82, 2.24) is 0 Å². The Morgan fingerprint density at radius 1 is 0.882 bits per heavy atom. The maximum Gasteiger partial charge on any atom is 0.298 e. The monoisotopic (exact) mass is 354 g/mol. The lowest BCUT2D eigenvalue weighted by atomic mass is 10.0. The molecular formula is C13H8Br2O2. The highest BCUT2D eigenvalue weighted by Crippen LogP contribution is 2.45. The Morgan fingerprint density at radius 3 is 2.47 bits per heavy atom. The van der Waals surface area contributed by atoms with Crippen molar-refractivity contribution >= 4 is 31.9 Å². The maximum atomic E-state index is 5.62. The summed E-state index contributed by atoms with van der Waals surface area (Å²) in [5.41, 5.74) is 2.12. The van der Waals surface area contributed by atoms with E-state index in [-0.39, 0.29) is 0 Å². The Hall–Kier alpha value is -1.00. The Kier molecular flexibility index (Phi) is 2.84. The lowest BCUT2D eigenvalue weighted by Gasteiger charge is -2.07. The largest absolute Gasteiger partial charge is 0.441 e. The molecule has 1 aliphatic heterocycles. The van der Waals surface area contributed by atoms with E-state index in [1.807, 2.05) is 42.5 Å². The molecule has 0 radical (unpaired) electrons. The molecular weight excluding hydrogens is 348 g/mol. The molecule has 0 spiro atoms. The van der Waals surface area contributed by atoms with Crippen molar-refractivity contribution in [2.75, 3.05) is 0 Å². The van der Waals surface area contributed by atoms with Crippen LogP contribution in [0.3, 0.4) is 0 Å². The second-order valence-corrected chi connectivity index (χ2v) is 5.22. The molecule has 3 rings (SSSR count). The van der Waals surface area contributed by atoms with Crippen molar-refractivity contribution in [1.29, 1.82) is 0 Å². The quantitative estimate of drug-likeness (QED) is 0.698. The predicted molar refractivity (Wildman–Crippen MR) is 73.5 cm³/mol. The third-order valence-corrected chi connectivity index (χ3v) is 3.64. The summed E-state index contributed by atoms with van der Waals surface area (Å²) in [6.07, 6.45) is 0. The molecule has 0 saturated heterocycles. The Labute approximate surface area is 116 Å². The van der Waals surface area contributed by atoms with Crippen LogP contribution in [0, 0.1) is 0 Å². The van der Waals surface area contributed by atoms with E-state index in [2.05, 4.69) is 31.9 Å². The second kappa shape index (κ2) is 4.35. The van der Waals surface area contributed by atoms with Gasteiger partial charge in [0.2, 0.25) is 0 Å². The average Bonchev–Trinajstić information content (AvgIpc) is 2.70. The first kappa shape index (κ1) is 11.1. The van der Waals surface area contributed by atoms with Gasteiger partial charge in [0.1, 0.15) is 0 Å². The van der Waals surface area contributed by atoms with Crippen LogP contribution in [0.5, 0.6) is 11.5 Å². The molecule has 0 saturated carbocycles. The highest BCUT2D eigenvalue weighted by atomic mass is 79.9. The van der Waals surface area contributed by atoms with E-state index in [0.29, 0.717) is 0 Å². The molecule has 4 heteroatoms. The summed E-state index contributed by atoms with van der Waals surface area (Å²) in [6.45, 7) is 0. The molecule has 0 aliphatic carbocycles. The Morgan fingerprint density at radius 2 is 1.65 bits per heavy atom. The first-order valence-electron chi connectivity index (χ1n) is 5.11. The number of hydrogen-bond acceptors (Lipinski definition) is 2. The number of hydrogen-bond donors (Lipinski definition) is 0. The van der Waals surface area contributed by atoms with E-state index in [0.717, 1.165) is 27.1 Å². The van der Waals surface area contributed by atoms with E-state index < -0.39 is 5.20 Å². The zero-order valence-corrected chi connectivity index (χ0v) is 11.9. The molecule has 2 aromatic carbocycles. The highest BCUT2D eigenvalue weighted by Gasteiger charge is 2.25. The second-order valence-electron chi connectivity index (χ2n) is 3.62. The van der Waals surface area contributed by atoms with E-state index >= 15 is 0 Å². The van der Waals surface area contributed by atoms with Gasteiger partial charge >= 0.3 is 0 Å². The van der Waals surface area contributed by atoms with Crippen molar-refractivity contribution < 1.29 is 9.47 Å². The lowest BCUT2D eigenvalue weighted by Crippen LogP contribution is -2.07. The minimum absolute atomic E-state index is 0.402. The number of ether oxygens (including phenoxy) is 2. The van der Waals surface area contributed by atoms with Gasteiger partial charge < -0.3 is 9.47 Å². The van der Waals surface area contributed by atoms with Crippen molar-refractivity contribution in [3.05, 3.63) is 46.9 Å². The van der Waals surface area contributed by atoms with E-state index in [4.69, 9.17) is 9.47 Å². The van der Waals surface area contributed by atoms with Crippen LogP contribution in [0.1, 0.15) is 0 Å². The first-order valence-corrected chi connectivity index (χ1v) is 6.82. The zero-order valence-electron chi connectivity index (χ0n) is 8.69. The summed E-state index contributed by atoms with van der Waals surface area (Å²) in [5.74, 6) is 1.54. The minimum Gasteiger partial charge on any atom is -0.441 e. The van der Waals surface area contributed by atoms with Crippen LogP contribution < -0.4 is 9.47 Å². The molecule has 1 atom stereocenters. The third-order valence-electron chi connectivity index (χ3n) is 2.57. The van der Waals surface area contributed by atoms with Crippen LogP contribution in [0.25, 0.3) is 11.1 Å². The van der Waals surface area contributed by atoms with Gasteiger partial charge in [-0.25, -0.2) is 0 Å². The van der Waals surface area contributed by atoms with Crippen molar-refractivity contribution in [2.24, 2.45) is 0 Å². The van der Waals surface area contributed by atoms with Crippen LogP contribution in [-0.2, 0) is 0 Å². The molecule has 0 aromatic heterocycles. The highest BCUT2D eigenvalue weighted by molar-refractivity contribution is 9.10. The number of para-hydroxylation sites is 1. The van der Waals surface area contributed by atoms with Gasteiger partial charge in [-0.2, -0.15) is 0 Å². The number of rotatable bonds is 1. The standard InChI is InChI=1S/C13H8Br2O2/c14-10-6-2-1-4-8(10)9-5-3-7-11-12(9)17-13(15)16-11/h1-7,13H. The van der Waals surface area contributed by atoms with Gasteiger partial charge in [-0.1, -0.05) is 46.3 Å². The summed E-state index contributed by atoms with van der Waals surface area (Å²) in [5, 5.41) is -0.402. The van der Waals surface area contributed by atoms with Crippen molar-refractivity contribution in [3.63, 3.8) is 0 Å². The van der Waals surface area contributed by atoms with Crippen LogP contribution in [0.15, 0.2) is 46.9 Å². The Balaban J connectivity index is 2.18. The molecule has 86 valence electrons. The molecule has 0 N–H and O–H groups in total. The fraction of sp³-hybridized carbons (Fsp3) is 0.0769. The van der Waals surface area contributed by atoms with Gasteiger partial charge in [0.15, 0.2) is 11.5 Å². The van der Waals surface area contributed by atoms with Gasteiger partial charge in [0.05, 0.1) is 0 Å².